The molecule has 1 saturated heterocycles. The van der Waals surface area contributed by atoms with E-state index in [1.807, 2.05) is 13.8 Å². The summed E-state index contributed by atoms with van der Waals surface area (Å²) in [5.74, 6) is -0.571. The number of nitrogens with one attached hydrogen (secondary N) is 3. The molecule has 0 unspecified atom stereocenters. The number of halogens is 1. The van der Waals surface area contributed by atoms with Crippen LogP contribution in [-0.2, 0) is 10.0 Å². The summed E-state index contributed by atoms with van der Waals surface area (Å²) >= 11 is 11.1. The van der Waals surface area contributed by atoms with E-state index < -0.39 is 15.9 Å². The number of benzene rings is 1. The second-order valence-electron chi connectivity index (χ2n) is 6.31. The average Bonchev–Trinajstić information content (AvgIpc) is 2.60. The molecule has 2 rings (SSSR count). The summed E-state index contributed by atoms with van der Waals surface area (Å²) in [5.41, 5.74) is 5.04. The molecule has 1 aromatic carbocycles. The van der Waals surface area contributed by atoms with Crippen LogP contribution in [0.5, 0.6) is 0 Å². The van der Waals surface area contributed by atoms with Crippen LogP contribution in [0.1, 0.15) is 43.5 Å². The van der Waals surface area contributed by atoms with Crippen LogP contribution < -0.4 is 16.2 Å². The van der Waals surface area contributed by atoms with Crippen LogP contribution in [0.25, 0.3) is 0 Å². The Bertz CT molecular complexity index is 778. The number of rotatable bonds is 4. The van der Waals surface area contributed by atoms with Crippen molar-refractivity contribution in [3.05, 3.63) is 28.8 Å². The third kappa shape index (κ3) is 5.29. The molecule has 144 valence electrons. The summed E-state index contributed by atoms with van der Waals surface area (Å²) in [6.07, 6.45) is 2.70. The number of thiocarbonyl (C=S) groups is 1. The molecule has 1 amide bonds. The van der Waals surface area contributed by atoms with E-state index in [0.29, 0.717) is 13.1 Å². The highest BCUT2D eigenvalue weighted by atomic mass is 35.5. The maximum Gasteiger partial charge on any atom is 0.271 e. The van der Waals surface area contributed by atoms with Gasteiger partial charge in [-0.05, 0) is 57.1 Å². The molecule has 1 aliphatic heterocycles. The van der Waals surface area contributed by atoms with Gasteiger partial charge in [0.1, 0.15) is 0 Å². The molecule has 1 aliphatic rings. The van der Waals surface area contributed by atoms with Gasteiger partial charge in [-0.1, -0.05) is 18.0 Å². The van der Waals surface area contributed by atoms with Crippen LogP contribution in [0, 0.1) is 0 Å². The van der Waals surface area contributed by atoms with Crippen LogP contribution in [0.4, 0.5) is 0 Å². The van der Waals surface area contributed by atoms with Gasteiger partial charge in [-0.3, -0.25) is 15.6 Å². The molecule has 1 heterocycles. The second-order valence-corrected chi connectivity index (χ2v) is 9.07. The molecule has 0 spiro atoms. The lowest BCUT2D eigenvalue weighted by atomic mass is 10.2. The molecule has 0 aromatic heterocycles. The van der Waals surface area contributed by atoms with E-state index in [9.17, 15) is 13.2 Å². The van der Waals surface area contributed by atoms with E-state index in [4.69, 9.17) is 23.8 Å². The lowest BCUT2D eigenvalue weighted by Crippen LogP contribution is -2.48. The van der Waals surface area contributed by atoms with Gasteiger partial charge >= 0.3 is 0 Å². The molecule has 1 fully saturated rings. The Kier molecular flexibility index (Phi) is 7.22. The Labute approximate surface area is 164 Å². The lowest BCUT2D eigenvalue weighted by Gasteiger charge is -2.26. The number of nitrogens with zero attached hydrogens (tertiary/aromatic N) is 1. The summed E-state index contributed by atoms with van der Waals surface area (Å²) in [7, 11) is -3.65. The van der Waals surface area contributed by atoms with Crippen molar-refractivity contribution in [2.75, 3.05) is 13.1 Å². The van der Waals surface area contributed by atoms with Gasteiger partial charge in [-0.2, -0.15) is 4.31 Å². The Balaban J connectivity index is 2.16. The van der Waals surface area contributed by atoms with E-state index >= 15 is 0 Å². The van der Waals surface area contributed by atoms with Gasteiger partial charge in [0, 0.05) is 19.1 Å². The third-order valence-electron chi connectivity index (χ3n) is 3.84. The standard InChI is InChI=1S/C16H23ClN4O3S2/c1-11(2)18-16(25)20-19-15(22)13-10-12(6-7-14(13)17)26(23,24)21-8-4-3-5-9-21/h6-7,10-11H,3-5,8-9H2,1-2H3,(H,19,22)(H2,18,20,25). The molecule has 7 nitrogen and oxygen atoms in total. The smallest absolute Gasteiger partial charge is 0.271 e. The molecule has 26 heavy (non-hydrogen) atoms. The third-order valence-corrected chi connectivity index (χ3v) is 6.29. The van der Waals surface area contributed by atoms with Gasteiger partial charge in [-0.15, -0.1) is 0 Å². The molecule has 0 radical (unpaired) electrons. The topological polar surface area (TPSA) is 90.5 Å². The Morgan fingerprint density at radius 2 is 1.85 bits per heavy atom. The molecule has 10 heteroatoms. The first-order chi connectivity index (χ1) is 12.2. The van der Waals surface area contributed by atoms with Gasteiger partial charge in [-0.25, -0.2) is 8.42 Å². The van der Waals surface area contributed by atoms with Gasteiger partial charge in [0.25, 0.3) is 5.91 Å². The normalized spacial score (nSPS) is 15.5. The van der Waals surface area contributed by atoms with Crippen LogP contribution in [0.2, 0.25) is 5.02 Å². The largest absolute Gasteiger partial charge is 0.359 e. The number of carbonyl (C=O) groups excluding carboxylic acids is 1. The number of hydrazine groups is 1. The zero-order valence-corrected chi connectivity index (χ0v) is 17.1. The number of sulfonamides is 1. The molecule has 0 aliphatic carbocycles. The molecule has 0 saturated carbocycles. The van der Waals surface area contributed by atoms with Crippen LogP contribution in [0.15, 0.2) is 23.1 Å². The minimum Gasteiger partial charge on any atom is -0.359 e. The van der Waals surface area contributed by atoms with E-state index in [1.54, 1.807) is 0 Å². The maximum atomic E-state index is 12.8. The molecular formula is C16H23ClN4O3S2. The van der Waals surface area contributed by atoms with E-state index in [1.165, 1.54) is 22.5 Å². The molecular weight excluding hydrogens is 396 g/mol. The monoisotopic (exact) mass is 418 g/mol. The Morgan fingerprint density at radius 3 is 2.46 bits per heavy atom. The molecule has 3 N–H and O–H groups in total. The first-order valence-electron chi connectivity index (χ1n) is 8.38. The van der Waals surface area contributed by atoms with Crippen molar-refractivity contribution >= 4 is 44.9 Å². The van der Waals surface area contributed by atoms with Crippen LogP contribution >= 0.6 is 23.8 Å². The first kappa shape index (κ1) is 20.9. The highest BCUT2D eigenvalue weighted by molar-refractivity contribution is 7.89. The van der Waals surface area contributed by atoms with Crippen molar-refractivity contribution in [1.29, 1.82) is 0 Å². The quantitative estimate of drug-likeness (QED) is 0.512. The fourth-order valence-corrected chi connectivity index (χ4v) is 4.61. The van der Waals surface area contributed by atoms with Crippen molar-refractivity contribution in [1.82, 2.24) is 20.5 Å². The zero-order chi connectivity index (χ0) is 19.3. The fourth-order valence-electron chi connectivity index (χ4n) is 2.57. The predicted octanol–water partition coefficient (Wildman–Crippen LogP) is 2.03. The van der Waals surface area contributed by atoms with Crippen LogP contribution in [-0.4, -0.2) is 42.9 Å². The van der Waals surface area contributed by atoms with Gasteiger partial charge < -0.3 is 5.32 Å². The highest BCUT2D eigenvalue weighted by Crippen LogP contribution is 2.25. The number of hydrogen-bond donors (Lipinski definition) is 3. The van der Waals surface area contributed by atoms with Crippen molar-refractivity contribution in [3.63, 3.8) is 0 Å². The predicted molar refractivity (Wildman–Crippen MR) is 106 cm³/mol. The number of hydrogen-bond acceptors (Lipinski definition) is 4. The number of piperidine rings is 1. The van der Waals surface area contributed by atoms with Crippen LogP contribution in [0.3, 0.4) is 0 Å². The van der Waals surface area contributed by atoms with Crippen molar-refractivity contribution < 1.29 is 13.2 Å². The fraction of sp³-hybridized carbons (Fsp3) is 0.500. The minimum absolute atomic E-state index is 0.0526. The summed E-state index contributed by atoms with van der Waals surface area (Å²) in [5, 5.41) is 3.32. The van der Waals surface area contributed by atoms with E-state index in [-0.39, 0.29) is 26.6 Å². The summed E-state index contributed by atoms with van der Waals surface area (Å²) in [4.78, 5) is 12.4. The number of carbonyl (C=O) groups is 1. The Morgan fingerprint density at radius 1 is 1.19 bits per heavy atom. The lowest BCUT2D eigenvalue weighted by molar-refractivity contribution is 0.0943. The van der Waals surface area contributed by atoms with Crippen molar-refractivity contribution in [2.24, 2.45) is 0 Å². The highest BCUT2D eigenvalue weighted by Gasteiger charge is 2.27. The minimum atomic E-state index is -3.65. The average molecular weight is 419 g/mol. The Hall–Kier alpha value is -1.42. The number of amides is 1. The van der Waals surface area contributed by atoms with Crippen molar-refractivity contribution in [2.45, 2.75) is 44.0 Å². The van der Waals surface area contributed by atoms with E-state index in [0.717, 1.165) is 19.3 Å². The molecule has 0 bridgehead atoms. The van der Waals surface area contributed by atoms with Crippen molar-refractivity contribution in [3.8, 4) is 0 Å². The first-order valence-corrected chi connectivity index (χ1v) is 10.6. The summed E-state index contributed by atoms with van der Waals surface area (Å²) in [6, 6.07) is 4.23. The van der Waals surface area contributed by atoms with Gasteiger partial charge in [0.2, 0.25) is 10.0 Å². The van der Waals surface area contributed by atoms with Gasteiger partial charge in [0.05, 0.1) is 15.5 Å². The molecule has 1 aromatic rings. The molecule has 0 atom stereocenters. The maximum absolute atomic E-state index is 12.8. The second kappa shape index (κ2) is 8.98. The zero-order valence-electron chi connectivity index (χ0n) is 14.7. The van der Waals surface area contributed by atoms with Gasteiger partial charge in [0.15, 0.2) is 5.11 Å². The SMILES string of the molecule is CC(C)NC(=S)NNC(=O)c1cc(S(=O)(=O)N2CCCCC2)ccc1Cl. The summed E-state index contributed by atoms with van der Waals surface area (Å²) < 4.78 is 27.0. The van der Waals surface area contributed by atoms with E-state index in [2.05, 4.69) is 16.2 Å². The summed E-state index contributed by atoms with van der Waals surface area (Å²) in [6.45, 7) is 4.79.